The molecule has 7 aromatic heterocycles. The highest BCUT2D eigenvalue weighted by Crippen LogP contribution is 2.28. The van der Waals surface area contributed by atoms with Crippen LogP contribution in [-0.4, -0.2) is 109 Å². The zero-order valence-corrected chi connectivity index (χ0v) is 64.1. The number of ether oxygens (including phenoxy) is 1. The fraction of sp³-hybridized carbons (Fsp3) is 0.0597. The molecular weight excluding hydrogens is 1800 g/mol. The van der Waals surface area contributed by atoms with Crippen LogP contribution in [0.3, 0.4) is 0 Å². The van der Waals surface area contributed by atoms with Crippen molar-refractivity contribution in [1.29, 1.82) is 0 Å². The largest absolute Gasteiger partial charge is 0.573 e. The second kappa shape index (κ2) is 40.0. The molecule has 14 rings (SSSR count). The number of carbonyl (C=O) groups excluding carboxylic acids is 1. The number of nitrogens with two attached hydrogens (primary N) is 2. The lowest BCUT2D eigenvalue weighted by atomic mass is 10.0. The zero-order chi connectivity index (χ0) is 76.6. The summed E-state index contributed by atoms with van der Waals surface area (Å²) in [5.74, 6) is -0.790. The fourth-order valence-corrected chi connectivity index (χ4v) is 10.5. The highest BCUT2D eigenvalue weighted by Gasteiger charge is 2.31. The number of rotatable bonds is 11. The van der Waals surface area contributed by atoms with Crippen molar-refractivity contribution in [1.82, 2.24) is 75.6 Å². The van der Waals surface area contributed by atoms with Crippen molar-refractivity contribution in [3.8, 4) is 16.9 Å². The number of nitrogen functional groups attached to an aromatic ring is 2. The van der Waals surface area contributed by atoms with Gasteiger partial charge in [-0.05, 0) is 202 Å². The molecule has 107 heavy (non-hydrogen) atoms. The summed E-state index contributed by atoms with van der Waals surface area (Å²) in [7, 11) is 0. The number of carboxylic acids is 1. The minimum atomic E-state index is -4.76. The molecule has 0 fully saturated rings. The predicted molar refractivity (Wildman–Crippen MR) is 409 cm³/mol. The summed E-state index contributed by atoms with van der Waals surface area (Å²) in [6, 6.07) is 46.0. The first-order valence-electron chi connectivity index (χ1n) is 29.5. The highest BCUT2D eigenvalue weighted by atomic mass is 79.9. The molecule has 0 spiro atoms. The van der Waals surface area contributed by atoms with Gasteiger partial charge in [0.2, 0.25) is 0 Å². The molecule has 0 aliphatic heterocycles. The van der Waals surface area contributed by atoms with E-state index in [9.17, 15) is 41.9 Å². The van der Waals surface area contributed by atoms with E-state index < -0.39 is 34.3 Å². The number of aromatic carboxylic acids is 1. The third-order valence-electron chi connectivity index (χ3n) is 13.4. The van der Waals surface area contributed by atoms with Gasteiger partial charge in [-0.1, -0.05) is 116 Å². The van der Waals surface area contributed by atoms with Crippen LogP contribution in [-0.2, 0) is 19.1 Å². The number of hydrogen-bond donors (Lipinski definition) is 5. The van der Waals surface area contributed by atoms with Gasteiger partial charge in [-0.15, -0.1) is 57.6 Å². The van der Waals surface area contributed by atoms with Crippen LogP contribution in [0.2, 0.25) is 0 Å². The average molecular weight is 1850 g/mol. The van der Waals surface area contributed by atoms with Gasteiger partial charge in [0.25, 0.3) is 5.24 Å². The molecular formula is C67H48Br5Cl3F3N17O12. The first kappa shape index (κ1) is 83.3. The molecule has 0 saturated carbocycles. The number of fused-ring (bicyclic) bond motifs is 4. The summed E-state index contributed by atoms with van der Waals surface area (Å²) in [5, 5.41) is 56.4. The highest BCUT2D eigenvalue weighted by molar-refractivity contribution is 9.11. The molecule has 7 heterocycles. The minimum absolute atomic E-state index is 0. The molecule has 0 saturated heterocycles. The maximum Gasteiger partial charge on any atom is 0.573 e. The van der Waals surface area contributed by atoms with Gasteiger partial charge in [0, 0.05) is 87.9 Å². The Morgan fingerprint density at radius 3 is 1.19 bits per heavy atom. The molecule has 40 heteroatoms. The Hall–Kier alpha value is -10.9. The van der Waals surface area contributed by atoms with Crippen LogP contribution in [0.4, 0.5) is 24.5 Å². The number of halogens is 11. The minimum Gasteiger partial charge on any atom is -0.478 e. The number of pyridine rings is 3. The second-order valence-corrected chi connectivity index (χ2v) is 25.9. The van der Waals surface area contributed by atoms with E-state index in [1.165, 1.54) is 30.3 Å². The van der Waals surface area contributed by atoms with Crippen molar-refractivity contribution in [3.05, 3.63) is 299 Å². The molecule has 7 aromatic carbocycles. The summed E-state index contributed by atoms with van der Waals surface area (Å²) in [6.07, 6.45) is 5.28. The van der Waals surface area contributed by atoms with E-state index in [1.807, 2.05) is 18.2 Å². The van der Waals surface area contributed by atoms with E-state index in [4.69, 9.17) is 59.9 Å². The van der Waals surface area contributed by atoms with E-state index in [1.54, 1.807) is 159 Å². The SMILES string of the molecule is Cl.ClCc1cccnc1.Nc1ccc(Br)cc1C(=O)Cl.Nc1ccc(Br)cc1C(=O)O.O=c1c2cc(-c3ccc(OC(F)(F)F)cc3)ccc2nnn1OCc1cccnc1.O=c1c2cc(Br)ccc2nnn1O.O=c1c2cc(Br)ccc2nnn1O.O=c1c2cc(Br)ccc2nnn1OCc1cccnc1. The molecule has 14 aromatic rings. The first-order valence-corrected chi connectivity index (χ1v) is 34.4. The Morgan fingerprint density at radius 1 is 0.467 bits per heavy atom. The summed E-state index contributed by atoms with van der Waals surface area (Å²) >= 11 is 26.8. The smallest absolute Gasteiger partial charge is 0.478 e. The molecule has 0 amide bonds. The maximum absolute atomic E-state index is 12.7. The van der Waals surface area contributed by atoms with Crippen molar-refractivity contribution < 1.29 is 52.7 Å². The van der Waals surface area contributed by atoms with E-state index in [0.717, 1.165) is 44.3 Å². The summed E-state index contributed by atoms with van der Waals surface area (Å²) in [5.41, 5.74) is 15.7. The van der Waals surface area contributed by atoms with Gasteiger partial charge in [-0.2, -0.15) is 0 Å². The Kier molecular flexibility index (Phi) is 31.1. The molecule has 0 aliphatic carbocycles. The third-order valence-corrected chi connectivity index (χ3v) is 16.3. The maximum atomic E-state index is 12.7. The molecule has 0 atom stereocenters. The number of anilines is 2. The first-order chi connectivity index (χ1) is 50.6. The number of benzene rings is 7. The van der Waals surface area contributed by atoms with Gasteiger partial charge >= 0.3 is 34.6 Å². The van der Waals surface area contributed by atoms with Crippen molar-refractivity contribution in [2.24, 2.45) is 0 Å². The van der Waals surface area contributed by atoms with Gasteiger partial charge in [0.05, 0.1) is 32.7 Å². The topological polar surface area (TPSA) is 404 Å². The monoisotopic (exact) mass is 1840 g/mol. The molecule has 0 radical (unpaired) electrons. The van der Waals surface area contributed by atoms with Crippen LogP contribution < -0.4 is 48.1 Å². The Morgan fingerprint density at radius 2 is 0.822 bits per heavy atom. The van der Waals surface area contributed by atoms with Gasteiger partial charge in [-0.25, -0.2) is 4.79 Å². The van der Waals surface area contributed by atoms with Crippen LogP contribution in [0.15, 0.2) is 249 Å². The summed E-state index contributed by atoms with van der Waals surface area (Å²) in [4.78, 5) is 93.3. The van der Waals surface area contributed by atoms with Crippen LogP contribution >= 0.6 is 115 Å². The summed E-state index contributed by atoms with van der Waals surface area (Å²) < 4.78 is 44.6. The Labute approximate surface area is 657 Å². The van der Waals surface area contributed by atoms with E-state index in [0.29, 0.717) is 71.0 Å². The van der Waals surface area contributed by atoms with Gasteiger partial charge in [-0.3, -0.25) is 38.9 Å². The molecule has 29 nitrogen and oxygen atoms in total. The molecule has 0 unspecified atom stereocenters. The van der Waals surface area contributed by atoms with Gasteiger partial charge in [0.1, 0.15) is 41.0 Å². The van der Waals surface area contributed by atoms with Crippen LogP contribution in [0.5, 0.6) is 5.75 Å². The average Bonchev–Trinajstić information content (AvgIpc) is 0.804. The fourth-order valence-electron chi connectivity index (χ4n) is 8.36. The molecule has 7 N–H and O–H groups in total. The standard InChI is InChI=1S/C20H13F3N4O3.C13H9BrN4O2.C7H5BrClNO.2C7H4BrN3O2.C7H6BrNO2.C6H6ClN.ClH/c21-20(22,23)30-16-6-3-14(4-7-16)15-5-8-18-17(10-15)19(28)27(26-25-18)29-12-13-2-1-9-24-11-13;14-10-3-4-12-11(6-10)13(19)18(17-16-12)20-8-9-2-1-5-15-7-9;8-4-1-2-6(10)5(3-4)7(9)11;2*8-4-1-2-6-5(3-4)7(12)11(13)10-9-6;8-4-1-2-6(9)5(3-4)7(10)11;7-4-6-2-1-3-8-5-6;/h1-11H,12H2;1-7H,8H2;1-3H,10H2;2*1-3,13H;1-3H,9H2,(H,10,11);1-3,5H,4H2;1H. The van der Waals surface area contributed by atoms with Crippen molar-refractivity contribution >= 4 is 181 Å². The van der Waals surface area contributed by atoms with Crippen LogP contribution in [0, 0.1) is 0 Å². The number of nitrogens with zero attached hydrogens (tertiary/aromatic N) is 15. The van der Waals surface area contributed by atoms with Crippen LogP contribution in [0.25, 0.3) is 54.7 Å². The van der Waals surface area contributed by atoms with Crippen molar-refractivity contribution in [3.63, 3.8) is 0 Å². The Bertz CT molecular complexity index is 5500. The quantitative estimate of drug-likeness (QED) is 0.0347. The van der Waals surface area contributed by atoms with E-state index in [-0.39, 0.29) is 63.3 Å². The zero-order valence-electron chi connectivity index (χ0n) is 53.8. The second-order valence-electron chi connectivity index (χ2n) is 20.7. The molecule has 550 valence electrons. The number of carboxylic acid groups (broad SMARTS) is 1. The number of hydrogen-bond acceptors (Lipinski definition) is 24. The number of alkyl halides is 4. The third kappa shape index (κ3) is 24.8. The van der Waals surface area contributed by atoms with Gasteiger partial charge in [0.15, 0.2) is 0 Å². The van der Waals surface area contributed by atoms with E-state index in [2.05, 4.69) is 141 Å². The van der Waals surface area contributed by atoms with Crippen molar-refractivity contribution in [2.75, 3.05) is 11.5 Å². The normalized spacial score (nSPS) is 10.4. The molecule has 0 aliphatic rings. The summed E-state index contributed by atoms with van der Waals surface area (Å²) in [6.45, 7) is 0.274. The van der Waals surface area contributed by atoms with Crippen molar-refractivity contribution in [2.45, 2.75) is 25.5 Å². The van der Waals surface area contributed by atoms with Crippen LogP contribution in [0.1, 0.15) is 37.4 Å². The Balaban J connectivity index is 0.000000182. The van der Waals surface area contributed by atoms with E-state index >= 15 is 0 Å². The van der Waals surface area contributed by atoms with Gasteiger partial charge < -0.3 is 41.4 Å². The lowest BCUT2D eigenvalue weighted by molar-refractivity contribution is -0.274. The molecule has 0 bridgehead atoms. The number of carbonyl (C=O) groups is 2. The lowest BCUT2D eigenvalue weighted by Gasteiger charge is -2.10. The lowest BCUT2D eigenvalue weighted by Crippen LogP contribution is -2.30. The number of aromatic nitrogens is 15. The predicted octanol–water partition coefficient (Wildman–Crippen LogP) is 12.9.